The lowest BCUT2D eigenvalue weighted by Crippen LogP contribution is -2.66. The van der Waals surface area contributed by atoms with Crippen LogP contribution in [-0.4, -0.2) is 61.4 Å². The van der Waals surface area contributed by atoms with E-state index in [0.717, 1.165) is 56.2 Å². The van der Waals surface area contributed by atoms with Crippen LogP contribution in [0.1, 0.15) is 118 Å². The fourth-order valence-electron chi connectivity index (χ4n) is 12.5. The van der Waals surface area contributed by atoms with Crippen molar-refractivity contribution in [3.8, 4) is 11.3 Å². The van der Waals surface area contributed by atoms with Crippen molar-refractivity contribution < 1.29 is 48.9 Å². The average Bonchev–Trinajstić information content (AvgIpc) is 3.67. The molecular formula is C48H65N3O10. The van der Waals surface area contributed by atoms with Gasteiger partial charge in [0, 0.05) is 42.0 Å². The van der Waals surface area contributed by atoms with E-state index in [1.54, 1.807) is 5.57 Å². The lowest BCUT2D eigenvalue weighted by molar-refractivity contribution is -0.186. The predicted octanol–water partition coefficient (Wildman–Crippen LogP) is 8.51. The summed E-state index contributed by atoms with van der Waals surface area (Å²) in [5.41, 5.74) is 11.0. The van der Waals surface area contributed by atoms with Crippen LogP contribution in [0, 0.1) is 50.2 Å². The minimum absolute atomic E-state index is 0.116. The molecule has 61 heavy (non-hydrogen) atoms. The molecule has 5 aliphatic rings. The summed E-state index contributed by atoms with van der Waals surface area (Å²) in [6.07, 6.45) is 16.2. The lowest BCUT2D eigenvalue weighted by Gasteiger charge is -2.71. The molecule has 0 spiro atoms. The third-order valence-corrected chi connectivity index (χ3v) is 16.0. The molecule has 1 heterocycles. The van der Waals surface area contributed by atoms with E-state index in [0.29, 0.717) is 59.9 Å². The van der Waals surface area contributed by atoms with E-state index in [9.17, 15) is 24.0 Å². The first-order chi connectivity index (χ1) is 28.4. The first-order valence-corrected chi connectivity index (χ1v) is 21.5. The first-order valence-electron chi connectivity index (χ1n) is 21.5. The molecule has 1 aromatic heterocycles. The summed E-state index contributed by atoms with van der Waals surface area (Å²) in [5.74, 6) is -2.49. The normalized spacial score (nSPS) is 33.1. The number of nitrogens with zero attached hydrogens (tertiary/aromatic N) is 1. The van der Waals surface area contributed by atoms with E-state index in [1.165, 1.54) is 19.3 Å². The molecule has 13 nitrogen and oxygen atoms in total. The van der Waals surface area contributed by atoms with Crippen molar-refractivity contribution in [1.82, 2.24) is 10.5 Å². The van der Waals surface area contributed by atoms with Gasteiger partial charge < -0.3 is 36.0 Å². The zero-order valence-electron chi connectivity index (χ0n) is 36.7. The van der Waals surface area contributed by atoms with Crippen molar-refractivity contribution >= 4 is 29.8 Å². The van der Waals surface area contributed by atoms with Crippen molar-refractivity contribution in [3.63, 3.8) is 0 Å². The number of carboxylic acid groups (broad SMARTS) is 4. The molecule has 0 radical (unpaired) electrons. The standard InChI is InChI=1S/C40H57N3O2.2C4H4O4/c1-35(2)19-21-40(34(44)42-25-27-23-30(43-45-27)26-11-9-8-10-12-26)22-20-38(6)28(29(40)24-35)13-14-32-37(5)17-16-33(41)36(3,4)31(37)15-18-39(32,38)7;2*5-3(6)1-2-4(7)8/h8-13,23,29,31-33H,14-22,24-25,41H2,1-7H3,(H,42,44);2*1-2H,(H,5,6)(H,7,8)/b;2*2-1+/t29-,31?,32?,33-,37-,38+,39+,40-;;/m0../s1. The Morgan fingerprint density at radius 3 is 1.92 bits per heavy atom. The highest BCUT2D eigenvalue weighted by Gasteiger charge is 2.69. The number of hydrogen-bond acceptors (Lipinski definition) is 8. The Morgan fingerprint density at radius 2 is 1.34 bits per heavy atom. The molecule has 7 N–H and O–H groups in total. The molecule has 0 bridgehead atoms. The van der Waals surface area contributed by atoms with Gasteiger partial charge in [0.05, 0.1) is 12.0 Å². The van der Waals surface area contributed by atoms with Gasteiger partial charge in [-0.05, 0) is 109 Å². The highest BCUT2D eigenvalue weighted by Crippen LogP contribution is 2.75. The third kappa shape index (κ3) is 9.41. The molecule has 5 aliphatic carbocycles. The molecule has 1 aromatic carbocycles. The maximum atomic E-state index is 14.5. The highest BCUT2D eigenvalue weighted by molar-refractivity contribution is 5.90. The Morgan fingerprint density at radius 1 is 0.770 bits per heavy atom. The fourth-order valence-corrected chi connectivity index (χ4v) is 12.5. The average molecular weight is 844 g/mol. The molecular weight excluding hydrogens is 779 g/mol. The number of carbonyl (C=O) groups excluding carboxylic acids is 1. The van der Waals surface area contributed by atoms with Gasteiger partial charge in [0.15, 0.2) is 5.76 Å². The number of aromatic nitrogens is 1. The first kappa shape index (κ1) is 47.0. The van der Waals surface area contributed by atoms with Crippen molar-refractivity contribution in [3.05, 3.63) is 78.1 Å². The van der Waals surface area contributed by atoms with Crippen LogP contribution in [0.15, 0.2) is 76.9 Å². The molecule has 4 saturated carbocycles. The van der Waals surface area contributed by atoms with Gasteiger partial charge in [-0.1, -0.05) is 95.6 Å². The van der Waals surface area contributed by atoms with E-state index < -0.39 is 23.9 Å². The smallest absolute Gasteiger partial charge is 0.328 e. The van der Waals surface area contributed by atoms with Gasteiger partial charge in [0.1, 0.15) is 5.69 Å². The van der Waals surface area contributed by atoms with Gasteiger partial charge in [0.2, 0.25) is 5.91 Å². The quantitative estimate of drug-likeness (QED) is 0.109. The zero-order valence-corrected chi connectivity index (χ0v) is 36.7. The van der Waals surface area contributed by atoms with E-state index >= 15 is 0 Å². The number of allylic oxidation sites excluding steroid dienone is 2. The second-order valence-corrected chi connectivity index (χ2v) is 20.1. The molecule has 332 valence electrons. The van der Waals surface area contributed by atoms with E-state index in [4.69, 9.17) is 30.7 Å². The third-order valence-electron chi connectivity index (χ3n) is 16.0. The Kier molecular flexibility index (Phi) is 13.7. The number of hydrogen-bond donors (Lipinski definition) is 6. The van der Waals surface area contributed by atoms with Gasteiger partial charge in [-0.15, -0.1) is 0 Å². The number of carboxylic acids is 4. The van der Waals surface area contributed by atoms with Gasteiger partial charge in [-0.3, -0.25) is 4.79 Å². The number of fused-ring (bicyclic) bond motifs is 7. The predicted molar refractivity (Wildman–Crippen MR) is 230 cm³/mol. The Labute approximate surface area is 358 Å². The number of amides is 1. The number of rotatable bonds is 8. The second-order valence-electron chi connectivity index (χ2n) is 20.1. The lowest BCUT2D eigenvalue weighted by atomic mass is 9.33. The summed E-state index contributed by atoms with van der Waals surface area (Å²) >= 11 is 0. The molecule has 2 unspecified atom stereocenters. The molecule has 1 amide bonds. The Balaban J connectivity index is 0.000000374. The molecule has 4 fully saturated rings. The van der Waals surface area contributed by atoms with Gasteiger partial charge in [0.25, 0.3) is 0 Å². The second kappa shape index (κ2) is 17.7. The number of benzene rings is 1. The van der Waals surface area contributed by atoms with Crippen LogP contribution < -0.4 is 11.1 Å². The summed E-state index contributed by atoms with van der Waals surface area (Å²) in [6.45, 7) is 18.0. The van der Waals surface area contributed by atoms with Crippen molar-refractivity contribution in [2.24, 2.45) is 56.0 Å². The van der Waals surface area contributed by atoms with Crippen LogP contribution >= 0.6 is 0 Å². The van der Waals surface area contributed by atoms with E-state index in [2.05, 4.69) is 65.0 Å². The molecule has 13 heteroatoms. The van der Waals surface area contributed by atoms with Crippen LogP contribution in [0.4, 0.5) is 0 Å². The summed E-state index contributed by atoms with van der Waals surface area (Å²) in [7, 11) is 0. The number of nitrogens with two attached hydrogens (primary N) is 1. The van der Waals surface area contributed by atoms with Crippen LogP contribution in [0.5, 0.6) is 0 Å². The fraction of sp³-hybridized carbons (Fsp3) is 0.583. The summed E-state index contributed by atoms with van der Waals surface area (Å²) in [6, 6.07) is 12.3. The Hall–Kier alpha value is -5.04. The number of nitrogens with one attached hydrogen (secondary N) is 1. The maximum Gasteiger partial charge on any atom is 0.328 e. The molecule has 8 atom stereocenters. The molecule has 0 saturated heterocycles. The molecule has 2 aromatic rings. The largest absolute Gasteiger partial charge is 0.478 e. The summed E-state index contributed by atoms with van der Waals surface area (Å²) < 4.78 is 5.69. The molecule has 7 rings (SSSR count). The minimum Gasteiger partial charge on any atom is -0.478 e. The summed E-state index contributed by atoms with van der Waals surface area (Å²) in [4.78, 5) is 52.7. The van der Waals surface area contributed by atoms with Crippen LogP contribution in [-0.2, 0) is 30.5 Å². The number of aliphatic carboxylic acids is 4. The van der Waals surface area contributed by atoms with Crippen LogP contribution in [0.2, 0.25) is 0 Å². The molecule has 0 aliphatic heterocycles. The van der Waals surface area contributed by atoms with E-state index in [1.807, 2.05) is 36.4 Å². The topological polar surface area (TPSA) is 230 Å². The van der Waals surface area contributed by atoms with Crippen molar-refractivity contribution in [1.29, 1.82) is 0 Å². The minimum atomic E-state index is -1.26. The van der Waals surface area contributed by atoms with E-state index in [-0.39, 0.29) is 38.9 Å². The zero-order chi connectivity index (χ0) is 45.2. The van der Waals surface area contributed by atoms with Crippen molar-refractivity contribution in [2.45, 2.75) is 125 Å². The summed E-state index contributed by atoms with van der Waals surface area (Å²) in [5, 5.41) is 38.9. The highest BCUT2D eigenvalue weighted by atomic mass is 16.5. The van der Waals surface area contributed by atoms with Gasteiger partial charge in [-0.2, -0.15) is 0 Å². The Bertz CT molecular complexity index is 2000. The van der Waals surface area contributed by atoms with Crippen molar-refractivity contribution in [2.75, 3.05) is 0 Å². The monoisotopic (exact) mass is 843 g/mol. The van der Waals surface area contributed by atoms with Gasteiger partial charge >= 0.3 is 23.9 Å². The SMILES string of the molecule is CC1(C)CC[C@]2(C(=O)NCc3cc(-c4ccccc4)no3)CC[C@]3(C)C(=CCC4[C@@]5(C)CC[C@H](N)C(C)(C)C5CC[C@]43C)[C@@H]2C1.O=C(O)/C=C/C(=O)O.O=C(O)/C=C/C(=O)O. The van der Waals surface area contributed by atoms with Crippen LogP contribution in [0.25, 0.3) is 11.3 Å². The maximum absolute atomic E-state index is 14.5. The van der Waals surface area contributed by atoms with Crippen LogP contribution in [0.3, 0.4) is 0 Å². The number of carbonyl (C=O) groups is 5. The van der Waals surface area contributed by atoms with Gasteiger partial charge in [-0.25, -0.2) is 19.2 Å².